The fraction of sp³-hybridized carbons (Fsp3) is 0.765. The van der Waals surface area contributed by atoms with Crippen molar-refractivity contribution in [2.45, 2.75) is 52.5 Å². The highest BCUT2D eigenvalue weighted by atomic mass is 16.4. The Morgan fingerprint density at radius 1 is 1.14 bits per heavy atom. The number of amides is 1. The summed E-state index contributed by atoms with van der Waals surface area (Å²) >= 11 is 0. The molecule has 2 aliphatic carbocycles. The number of allylic oxidation sites excluding steroid dienone is 2. The molecule has 0 heterocycles. The quantitative estimate of drug-likeness (QED) is 0.709. The molecule has 2 aliphatic rings. The van der Waals surface area contributed by atoms with Crippen LogP contribution in [-0.2, 0) is 9.59 Å². The number of hydrogen-bond donors (Lipinski definition) is 2. The summed E-state index contributed by atoms with van der Waals surface area (Å²) in [5, 5.41) is 12.4. The van der Waals surface area contributed by atoms with Gasteiger partial charge in [-0.25, -0.2) is 0 Å². The van der Waals surface area contributed by atoms with Gasteiger partial charge < -0.3 is 10.4 Å². The maximum Gasteiger partial charge on any atom is 0.307 e. The van der Waals surface area contributed by atoms with Crippen LogP contribution < -0.4 is 5.32 Å². The lowest BCUT2D eigenvalue weighted by Gasteiger charge is -2.25. The molecule has 1 fully saturated rings. The molecule has 4 nitrogen and oxygen atoms in total. The molecule has 0 saturated heterocycles. The smallest absolute Gasteiger partial charge is 0.307 e. The summed E-state index contributed by atoms with van der Waals surface area (Å²) in [6.45, 7) is 6.40. The molecule has 2 bridgehead atoms. The fourth-order valence-electron chi connectivity index (χ4n) is 3.76. The molecule has 1 amide bonds. The molecular formula is C17H27NO3. The lowest BCUT2D eigenvalue weighted by molar-refractivity contribution is -0.148. The molecule has 5 atom stereocenters. The Balaban J connectivity index is 1.88. The van der Waals surface area contributed by atoms with Gasteiger partial charge in [0.1, 0.15) is 0 Å². The Bertz CT molecular complexity index is 430. The number of aliphatic carboxylic acids is 1. The van der Waals surface area contributed by atoms with Crippen LogP contribution in [0.15, 0.2) is 12.2 Å². The minimum absolute atomic E-state index is 0.0412. The monoisotopic (exact) mass is 293 g/mol. The predicted molar refractivity (Wildman–Crippen MR) is 81.6 cm³/mol. The zero-order valence-corrected chi connectivity index (χ0v) is 13.2. The number of rotatable bonds is 7. The molecule has 1 saturated carbocycles. The van der Waals surface area contributed by atoms with E-state index < -0.39 is 11.9 Å². The summed E-state index contributed by atoms with van der Waals surface area (Å²) in [5.41, 5.74) is 0. The third-order valence-corrected chi connectivity index (χ3v) is 4.85. The zero-order valence-electron chi connectivity index (χ0n) is 13.2. The Morgan fingerprint density at radius 3 is 2.33 bits per heavy atom. The van der Waals surface area contributed by atoms with Crippen molar-refractivity contribution in [2.75, 3.05) is 0 Å². The molecule has 118 valence electrons. The van der Waals surface area contributed by atoms with Gasteiger partial charge in [-0.15, -0.1) is 0 Å². The fourth-order valence-corrected chi connectivity index (χ4v) is 3.76. The normalized spacial score (nSPS) is 31.6. The molecule has 3 unspecified atom stereocenters. The van der Waals surface area contributed by atoms with Crippen molar-refractivity contribution < 1.29 is 14.7 Å². The topological polar surface area (TPSA) is 66.4 Å². The van der Waals surface area contributed by atoms with E-state index in [1.54, 1.807) is 0 Å². The molecule has 4 heteroatoms. The van der Waals surface area contributed by atoms with Crippen LogP contribution in [0.4, 0.5) is 0 Å². The number of carboxylic acid groups (broad SMARTS) is 1. The Labute approximate surface area is 127 Å². The summed E-state index contributed by atoms with van der Waals surface area (Å²) in [4.78, 5) is 23.9. The van der Waals surface area contributed by atoms with Crippen molar-refractivity contribution in [3.63, 3.8) is 0 Å². The molecule has 0 aliphatic heterocycles. The molecule has 0 radical (unpaired) electrons. The summed E-state index contributed by atoms with van der Waals surface area (Å²) in [5.74, 6) is -0.998. The number of fused-ring (bicyclic) bond motifs is 2. The van der Waals surface area contributed by atoms with Gasteiger partial charge in [0, 0.05) is 6.04 Å². The molecule has 0 spiro atoms. The van der Waals surface area contributed by atoms with Crippen molar-refractivity contribution in [1.82, 2.24) is 5.32 Å². The van der Waals surface area contributed by atoms with Crippen LogP contribution in [0.3, 0.4) is 0 Å². The minimum atomic E-state index is -0.834. The van der Waals surface area contributed by atoms with E-state index in [1.165, 1.54) is 0 Å². The van der Waals surface area contributed by atoms with Crippen molar-refractivity contribution in [1.29, 1.82) is 0 Å². The van der Waals surface area contributed by atoms with Crippen LogP contribution in [-0.4, -0.2) is 23.0 Å². The second-order valence-corrected chi connectivity index (χ2v) is 7.07. The van der Waals surface area contributed by atoms with Gasteiger partial charge in [-0.05, 0) is 37.5 Å². The van der Waals surface area contributed by atoms with Crippen molar-refractivity contribution >= 4 is 11.9 Å². The number of carbonyl (C=O) groups excluding carboxylic acids is 1. The molecule has 2 N–H and O–H groups in total. The predicted octanol–water partition coefficient (Wildman–Crippen LogP) is 2.84. The van der Waals surface area contributed by atoms with Crippen LogP contribution in [0.25, 0.3) is 0 Å². The second-order valence-electron chi connectivity index (χ2n) is 7.07. The van der Waals surface area contributed by atoms with Gasteiger partial charge in [-0.2, -0.15) is 0 Å². The Morgan fingerprint density at radius 2 is 1.76 bits per heavy atom. The van der Waals surface area contributed by atoms with E-state index in [0.717, 1.165) is 25.7 Å². The third-order valence-electron chi connectivity index (χ3n) is 4.85. The van der Waals surface area contributed by atoms with Gasteiger partial charge >= 0.3 is 5.97 Å². The molecule has 0 aromatic carbocycles. The Hall–Kier alpha value is -1.32. The van der Waals surface area contributed by atoms with Gasteiger partial charge in [0.25, 0.3) is 0 Å². The van der Waals surface area contributed by atoms with Crippen LogP contribution in [0.1, 0.15) is 46.5 Å². The highest BCUT2D eigenvalue weighted by Crippen LogP contribution is 2.48. The SMILES string of the molecule is CC(C)CCCC(C)NC(=O)[C@H]1C2C=CC(C2)[C@H]1C(=O)O. The zero-order chi connectivity index (χ0) is 15.6. The van der Waals surface area contributed by atoms with Gasteiger partial charge in [0.15, 0.2) is 0 Å². The van der Waals surface area contributed by atoms with Gasteiger partial charge in [-0.1, -0.05) is 38.8 Å². The van der Waals surface area contributed by atoms with Gasteiger partial charge in [-0.3, -0.25) is 9.59 Å². The van der Waals surface area contributed by atoms with E-state index in [9.17, 15) is 14.7 Å². The highest BCUT2D eigenvalue weighted by Gasteiger charge is 2.51. The van der Waals surface area contributed by atoms with Crippen LogP contribution in [0, 0.1) is 29.6 Å². The Kier molecular flexibility index (Phi) is 5.07. The van der Waals surface area contributed by atoms with Crippen molar-refractivity contribution in [3.05, 3.63) is 12.2 Å². The van der Waals surface area contributed by atoms with Crippen molar-refractivity contribution in [2.24, 2.45) is 29.6 Å². The molecule has 0 aromatic heterocycles. The van der Waals surface area contributed by atoms with E-state index in [-0.39, 0.29) is 29.7 Å². The molecule has 21 heavy (non-hydrogen) atoms. The first-order chi connectivity index (χ1) is 9.90. The first-order valence-corrected chi connectivity index (χ1v) is 8.11. The van der Waals surface area contributed by atoms with Crippen LogP contribution >= 0.6 is 0 Å². The van der Waals surface area contributed by atoms with Crippen LogP contribution in [0.5, 0.6) is 0 Å². The summed E-state index contributed by atoms with van der Waals surface area (Å²) in [6.07, 6.45) is 8.03. The van der Waals surface area contributed by atoms with Gasteiger partial charge in [0.05, 0.1) is 11.8 Å². The summed E-state index contributed by atoms with van der Waals surface area (Å²) in [7, 11) is 0. The lowest BCUT2D eigenvalue weighted by Crippen LogP contribution is -2.43. The number of carboxylic acids is 1. The lowest BCUT2D eigenvalue weighted by atomic mass is 9.82. The third kappa shape index (κ3) is 3.66. The largest absolute Gasteiger partial charge is 0.481 e. The van der Waals surface area contributed by atoms with E-state index >= 15 is 0 Å². The summed E-state index contributed by atoms with van der Waals surface area (Å²) < 4.78 is 0. The number of nitrogens with one attached hydrogen (secondary N) is 1. The first kappa shape index (κ1) is 16.1. The highest BCUT2D eigenvalue weighted by molar-refractivity contribution is 5.87. The van der Waals surface area contributed by atoms with E-state index in [4.69, 9.17) is 0 Å². The minimum Gasteiger partial charge on any atom is -0.481 e. The van der Waals surface area contributed by atoms with E-state index in [0.29, 0.717) is 5.92 Å². The van der Waals surface area contributed by atoms with E-state index in [1.807, 2.05) is 19.1 Å². The average molecular weight is 293 g/mol. The standard InChI is InChI=1S/C17H27NO3/c1-10(2)5-4-6-11(3)18-16(19)14-12-7-8-13(9-12)15(14)17(20)21/h7-8,10-15H,4-6,9H2,1-3H3,(H,18,19)(H,20,21)/t11?,12?,13?,14-,15+/m0/s1. The molecular weight excluding hydrogens is 266 g/mol. The van der Waals surface area contributed by atoms with Crippen molar-refractivity contribution in [3.8, 4) is 0 Å². The van der Waals surface area contributed by atoms with Crippen LogP contribution in [0.2, 0.25) is 0 Å². The van der Waals surface area contributed by atoms with Gasteiger partial charge in [0.2, 0.25) is 5.91 Å². The summed E-state index contributed by atoms with van der Waals surface area (Å²) in [6, 6.07) is 0.119. The number of carbonyl (C=O) groups is 2. The second kappa shape index (κ2) is 6.63. The molecule has 0 aromatic rings. The molecule has 2 rings (SSSR count). The maximum atomic E-state index is 12.4. The first-order valence-electron chi connectivity index (χ1n) is 8.11. The average Bonchev–Trinajstić information content (AvgIpc) is 2.97. The van der Waals surface area contributed by atoms with E-state index in [2.05, 4.69) is 19.2 Å². The maximum absolute atomic E-state index is 12.4. The number of hydrogen-bond acceptors (Lipinski definition) is 2.